The third-order valence-corrected chi connectivity index (χ3v) is 4.82. The van der Waals surface area contributed by atoms with Crippen LogP contribution in [0.15, 0.2) is 58.8 Å². The number of benzene rings is 1. The number of carbonyl (C=O) groups excluding carboxylic acids is 1. The van der Waals surface area contributed by atoms with Gasteiger partial charge in [-0.15, -0.1) is 11.8 Å². The highest BCUT2D eigenvalue weighted by Crippen LogP contribution is 2.15. The summed E-state index contributed by atoms with van der Waals surface area (Å²) in [5.74, 6) is -0.773. The largest absolute Gasteiger partial charge is 0.408 e. The zero-order valence-electron chi connectivity index (χ0n) is 18.2. The molecule has 1 heterocycles. The highest BCUT2D eigenvalue weighted by molar-refractivity contribution is 8.02. The number of anilines is 1. The molecule has 0 fully saturated rings. The van der Waals surface area contributed by atoms with Crippen LogP contribution in [0, 0.1) is 10.1 Å². The summed E-state index contributed by atoms with van der Waals surface area (Å²) in [7, 11) is 0. The fourth-order valence-electron chi connectivity index (χ4n) is 2.60. The van der Waals surface area contributed by atoms with Gasteiger partial charge in [0.25, 0.3) is 12.1 Å². The van der Waals surface area contributed by atoms with Gasteiger partial charge >= 0.3 is 6.18 Å². The van der Waals surface area contributed by atoms with Crippen molar-refractivity contribution in [3.63, 3.8) is 0 Å². The predicted molar refractivity (Wildman–Crippen MR) is 124 cm³/mol. The van der Waals surface area contributed by atoms with Crippen LogP contribution in [0.25, 0.3) is 0 Å². The van der Waals surface area contributed by atoms with E-state index in [1.807, 2.05) is 0 Å². The number of thioether (sulfide) groups is 1. The number of nitrogens with one attached hydrogen (secondary N) is 3. The molecule has 3 N–H and O–H groups in total. The van der Waals surface area contributed by atoms with Crippen molar-refractivity contribution in [3.8, 4) is 0 Å². The summed E-state index contributed by atoms with van der Waals surface area (Å²) in [5, 5.41) is 23.1. The minimum atomic E-state index is -4.54. The molecule has 0 saturated heterocycles. The molecular formula is C20H24F3N7O3S. The Morgan fingerprint density at radius 2 is 2.00 bits per heavy atom. The lowest BCUT2D eigenvalue weighted by Crippen LogP contribution is -2.37. The number of aromatic nitrogens is 2. The molecule has 0 radical (unpaired) electrons. The van der Waals surface area contributed by atoms with E-state index in [1.54, 1.807) is 41.4 Å². The SMILES string of the molecule is CS/C(=C/[N+](=O)[O-])NCCCCn1ccc(NC(=NCC(F)(F)F)NC(=O)c2ccccc2)n1. The molecule has 1 amide bonds. The van der Waals surface area contributed by atoms with Gasteiger partial charge in [-0.3, -0.25) is 24.9 Å². The van der Waals surface area contributed by atoms with E-state index in [4.69, 9.17) is 0 Å². The van der Waals surface area contributed by atoms with Crippen LogP contribution in [0.1, 0.15) is 23.2 Å². The Labute approximate surface area is 197 Å². The molecule has 34 heavy (non-hydrogen) atoms. The molecule has 1 aromatic carbocycles. The van der Waals surface area contributed by atoms with Crippen LogP contribution in [-0.2, 0) is 6.54 Å². The Bertz CT molecular complexity index is 1010. The van der Waals surface area contributed by atoms with Crippen LogP contribution in [0.2, 0.25) is 0 Å². The molecule has 0 unspecified atom stereocenters. The Morgan fingerprint density at radius 3 is 2.65 bits per heavy atom. The molecule has 0 aliphatic heterocycles. The molecule has 0 aliphatic rings. The average Bonchev–Trinajstić information content (AvgIpc) is 3.23. The molecule has 10 nitrogen and oxygen atoms in total. The highest BCUT2D eigenvalue weighted by Gasteiger charge is 2.27. The summed E-state index contributed by atoms with van der Waals surface area (Å²) in [4.78, 5) is 25.7. The average molecular weight is 500 g/mol. The maximum absolute atomic E-state index is 12.6. The number of carbonyl (C=O) groups is 1. The quantitative estimate of drug-likeness (QED) is 0.142. The van der Waals surface area contributed by atoms with Crippen molar-refractivity contribution in [3.05, 3.63) is 69.5 Å². The van der Waals surface area contributed by atoms with E-state index in [0.717, 1.165) is 6.20 Å². The topological polar surface area (TPSA) is 126 Å². The highest BCUT2D eigenvalue weighted by atomic mass is 32.2. The van der Waals surface area contributed by atoms with Crippen LogP contribution >= 0.6 is 11.8 Å². The van der Waals surface area contributed by atoms with Crippen molar-refractivity contribution in [2.45, 2.75) is 25.6 Å². The van der Waals surface area contributed by atoms with Crippen LogP contribution in [0.5, 0.6) is 0 Å². The molecule has 0 atom stereocenters. The summed E-state index contributed by atoms with van der Waals surface area (Å²) in [6.45, 7) is -0.421. The Morgan fingerprint density at radius 1 is 1.26 bits per heavy atom. The second kappa shape index (κ2) is 13.2. The van der Waals surface area contributed by atoms with E-state index in [1.165, 1.54) is 23.9 Å². The second-order valence-electron chi connectivity index (χ2n) is 6.81. The number of guanidine groups is 1. The number of hydrogen-bond donors (Lipinski definition) is 3. The van der Waals surface area contributed by atoms with Gasteiger partial charge in [-0.05, 0) is 31.2 Å². The summed E-state index contributed by atoms with van der Waals surface area (Å²) in [5.41, 5.74) is 0.265. The lowest BCUT2D eigenvalue weighted by molar-refractivity contribution is -0.403. The molecule has 0 saturated carbocycles. The number of unbranched alkanes of at least 4 members (excludes halogenated alkanes) is 1. The minimum Gasteiger partial charge on any atom is -0.375 e. The molecule has 14 heteroatoms. The number of alkyl halides is 3. The summed E-state index contributed by atoms with van der Waals surface area (Å²) in [6, 6.07) is 9.56. The molecule has 0 aliphatic carbocycles. The number of aryl methyl sites for hydroxylation is 1. The Kier molecular flexibility index (Phi) is 10.4. The molecule has 184 valence electrons. The van der Waals surface area contributed by atoms with E-state index < -0.39 is 23.6 Å². The Hall–Kier alpha value is -3.55. The maximum Gasteiger partial charge on any atom is 0.408 e. The minimum absolute atomic E-state index is 0.214. The van der Waals surface area contributed by atoms with Gasteiger partial charge < -0.3 is 10.6 Å². The van der Waals surface area contributed by atoms with Crippen LogP contribution < -0.4 is 16.0 Å². The first kappa shape index (κ1) is 26.7. The molecule has 2 rings (SSSR count). The van der Waals surface area contributed by atoms with E-state index in [2.05, 4.69) is 26.0 Å². The van der Waals surface area contributed by atoms with Crippen molar-refractivity contribution >= 4 is 29.4 Å². The van der Waals surface area contributed by atoms with E-state index in [0.29, 0.717) is 31.0 Å². The van der Waals surface area contributed by atoms with Gasteiger partial charge in [0, 0.05) is 30.9 Å². The maximum atomic E-state index is 12.6. The third kappa shape index (κ3) is 10.4. The molecule has 0 spiro atoms. The van der Waals surface area contributed by atoms with Gasteiger partial charge in [-0.2, -0.15) is 18.3 Å². The van der Waals surface area contributed by atoms with Gasteiger partial charge in [0.1, 0.15) is 11.6 Å². The van der Waals surface area contributed by atoms with Crippen molar-refractivity contribution in [1.29, 1.82) is 0 Å². The fraction of sp³-hybridized carbons (Fsp3) is 0.350. The lowest BCUT2D eigenvalue weighted by Gasteiger charge is -2.11. The number of nitro groups is 1. The summed E-state index contributed by atoms with van der Waals surface area (Å²) >= 11 is 1.24. The summed E-state index contributed by atoms with van der Waals surface area (Å²) < 4.78 is 39.5. The zero-order valence-corrected chi connectivity index (χ0v) is 19.0. The zero-order chi connectivity index (χ0) is 25.0. The van der Waals surface area contributed by atoms with Crippen LogP contribution in [0.3, 0.4) is 0 Å². The van der Waals surface area contributed by atoms with Crippen molar-refractivity contribution in [2.24, 2.45) is 4.99 Å². The predicted octanol–water partition coefficient (Wildman–Crippen LogP) is 3.45. The van der Waals surface area contributed by atoms with Crippen LogP contribution in [-0.4, -0.2) is 52.1 Å². The fourth-order valence-corrected chi connectivity index (χ4v) is 3.04. The van der Waals surface area contributed by atoms with Gasteiger partial charge in [-0.1, -0.05) is 18.2 Å². The number of nitrogens with zero attached hydrogens (tertiary/aromatic N) is 4. The van der Waals surface area contributed by atoms with E-state index in [9.17, 15) is 28.1 Å². The number of aliphatic imine (C=N–C) groups is 1. The number of amides is 1. The molecular weight excluding hydrogens is 475 g/mol. The second-order valence-corrected chi connectivity index (χ2v) is 7.65. The van der Waals surface area contributed by atoms with Crippen molar-refractivity contribution in [2.75, 3.05) is 24.7 Å². The van der Waals surface area contributed by atoms with Gasteiger partial charge in [0.05, 0.1) is 4.92 Å². The normalized spacial score (nSPS) is 12.4. The van der Waals surface area contributed by atoms with Gasteiger partial charge in [-0.25, -0.2) is 4.99 Å². The Balaban J connectivity index is 1.91. The van der Waals surface area contributed by atoms with Crippen molar-refractivity contribution < 1.29 is 22.9 Å². The first-order chi connectivity index (χ1) is 16.2. The summed E-state index contributed by atoms with van der Waals surface area (Å²) in [6.07, 6.45) is 1.15. The van der Waals surface area contributed by atoms with Crippen LogP contribution in [0.4, 0.5) is 19.0 Å². The molecule has 2 aromatic rings. The molecule has 0 bridgehead atoms. The standard InChI is InChI=1S/C20H24F3N7O3S/c1-34-17(13-30(32)33)24-10-5-6-11-29-12-9-16(28-29)26-19(25-14-20(21,22)23)27-18(31)15-7-3-2-4-8-15/h2-4,7-9,12-13,24H,5-6,10-11,14H2,1H3,(H2,25,26,27,28,31)/b17-13+. The first-order valence-electron chi connectivity index (χ1n) is 10.1. The monoisotopic (exact) mass is 499 g/mol. The lowest BCUT2D eigenvalue weighted by atomic mass is 10.2. The molecule has 1 aromatic heterocycles. The van der Waals surface area contributed by atoms with Gasteiger partial charge in [0.2, 0.25) is 5.96 Å². The number of halogens is 3. The van der Waals surface area contributed by atoms with E-state index in [-0.39, 0.29) is 17.3 Å². The first-order valence-corrected chi connectivity index (χ1v) is 11.3. The van der Waals surface area contributed by atoms with E-state index >= 15 is 0 Å². The third-order valence-electron chi connectivity index (χ3n) is 4.13. The number of hydrogen-bond acceptors (Lipinski definition) is 7. The number of rotatable bonds is 11. The van der Waals surface area contributed by atoms with Gasteiger partial charge in [0.15, 0.2) is 5.82 Å². The smallest absolute Gasteiger partial charge is 0.375 e. The van der Waals surface area contributed by atoms with Crippen molar-refractivity contribution in [1.82, 2.24) is 20.4 Å².